The molecule has 0 unspecified atom stereocenters. The summed E-state index contributed by atoms with van der Waals surface area (Å²) >= 11 is 0. The lowest BCUT2D eigenvalue weighted by atomic mass is 9.82. The molecule has 0 bridgehead atoms. The molecular weight excluding hydrogens is 212 g/mol. The number of hydrogen-bond donors (Lipinski definition) is 1. The van der Waals surface area contributed by atoms with E-state index in [-0.39, 0.29) is 5.91 Å². The number of rotatable bonds is 3. The van der Waals surface area contributed by atoms with Crippen molar-refractivity contribution >= 4 is 11.6 Å². The van der Waals surface area contributed by atoms with Gasteiger partial charge in [-0.3, -0.25) is 4.79 Å². The molecule has 0 aliphatic heterocycles. The van der Waals surface area contributed by atoms with Crippen molar-refractivity contribution in [3.8, 4) is 0 Å². The molecule has 1 amide bonds. The molecule has 1 aromatic carbocycles. The van der Waals surface area contributed by atoms with Gasteiger partial charge >= 0.3 is 0 Å². The van der Waals surface area contributed by atoms with E-state index in [0.717, 1.165) is 17.2 Å². The van der Waals surface area contributed by atoms with Crippen LogP contribution in [0.2, 0.25) is 0 Å². The maximum Gasteiger partial charge on any atom is 0.253 e. The minimum Gasteiger partial charge on any atom is -0.382 e. The minimum atomic E-state index is 0.0498. The van der Waals surface area contributed by atoms with Gasteiger partial charge < -0.3 is 10.2 Å². The molecule has 0 atom stereocenters. The van der Waals surface area contributed by atoms with Crippen molar-refractivity contribution in [1.82, 2.24) is 4.90 Å². The average Bonchev–Trinajstić information content (AvgIpc) is 2.27. The molecule has 0 heterocycles. The maximum absolute atomic E-state index is 11.7. The highest BCUT2D eigenvalue weighted by atomic mass is 16.2. The van der Waals surface area contributed by atoms with Crippen molar-refractivity contribution in [2.45, 2.75) is 25.8 Å². The first-order valence-electron chi connectivity index (χ1n) is 6.14. The molecule has 1 N–H and O–H groups in total. The second-order valence-corrected chi connectivity index (χ2v) is 5.19. The van der Waals surface area contributed by atoms with E-state index < -0.39 is 0 Å². The zero-order chi connectivity index (χ0) is 12.4. The van der Waals surface area contributed by atoms with Crippen LogP contribution in [0.4, 0.5) is 5.69 Å². The van der Waals surface area contributed by atoms with Gasteiger partial charge in [0.15, 0.2) is 0 Å². The fourth-order valence-corrected chi connectivity index (χ4v) is 2.22. The highest BCUT2D eigenvalue weighted by Crippen LogP contribution is 2.29. The van der Waals surface area contributed by atoms with Crippen LogP contribution in [0.5, 0.6) is 0 Å². The van der Waals surface area contributed by atoms with E-state index in [9.17, 15) is 4.79 Å². The van der Waals surface area contributed by atoms with Gasteiger partial charge in [0.2, 0.25) is 0 Å². The van der Waals surface area contributed by atoms with Crippen LogP contribution in [0.15, 0.2) is 24.3 Å². The number of amides is 1. The molecule has 1 saturated carbocycles. The van der Waals surface area contributed by atoms with Crippen LogP contribution in [0, 0.1) is 5.92 Å². The zero-order valence-corrected chi connectivity index (χ0v) is 10.7. The molecule has 1 aromatic rings. The van der Waals surface area contributed by atoms with Gasteiger partial charge in [-0.2, -0.15) is 0 Å². The Morgan fingerprint density at radius 1 is 1.24 bits per heavy atom. The van der Waals surface area contributed by atoms with E-state index in [1.807, 2.05) is 24.3 Å². The van der Waals surface area contributed by atoms with Crippen LogP contribution in [0.3, 0.4) is 0 Å². The highest BCUT2D eigenvalue weighted by molar-refractivity contribution is 5.94. The Bertz CT molecular complexity index is 391. The summed E-state index contributed by atoms with van der Waals surface area (Å²) in [6.45, 7) is 2.27. The number of benzene rings is 1. The van der Waals surface area contributed by atoms with E-state index in [2.05, 4.69) is 12.2 Å². The SMILES string of the molecule is CC1CC(Nc2ccc(C(=O)N(C)C)cc2)C1. The van der Waals surface area contributed by atoms with Gasteiger partial charge in [-0.1, -0.05) is 6.92 Å². The van der Waals surface area contributed by atoms with Crippen molar-refractivity contribution in [3.63, 3.8) is 0 Å². The van der Waals surface area contributed by atoms with Crippen molar-refractivity contribution in [1.29, 1.82) is 0 Å². The molecule has 92 valence electrons. The number of nitrogens with one attached hydrogen (secondary N) is 1. The number of hydrogen-bond acceptors (Lipinski definition) is 2. The Balaban J connectivity index is 1.96. The first kappa shape index (κ1) is 12.0. The molecule has 0 saturated heterocycles. The second kappa shape index (κ2) is 4.78. The van der Waals surface area contributed by atoms with Gasteiger partial charge in [0.1, 0.15) is 0 Å². The van der Waals surface area contributed by atoms with Gasteiger partial charge in [-0.05, 0) is 43.0 Å². The fourth-order valence-electron chi connectivity index (χ4n) is 2.22. The first-order chi connectivity index (χ1) is 8.06. The lowest BCUT2D eigenvalue weighted by molar-refractivity contribution is 0.0827. The summed E-state index contributed by atoms with van der Waals surface area (Å²) in [6, 6.07) is 8.35. The largest absolute Gasteiger partial charge is 0.382 e. The lowest BCUT2D eigenvalue weighted by Gasteiger charge is -2.34. The van der Waals surface area contributed by atoms with E-state index in [4.69, 9.17) is 0 Å². The topological polar surface area (TPSA) is 32.3 Å². The van der Waals surface area contributed by atoms with Crippen molar-refractivity contribution < 1.29 is 4.79 Å². The quantitative estimate of drug-likeness (QED) is 0.868. The molecule has 2 rings (SSSR count). The summed E-state index contributed by atoms with van der Waals surface area (Å²) in [5.41, 5.74) is 1.85. The van der Waals surface area contributed by atoms with Crippen LogP contribution in [-0.4, -0.2) is 30.9 Å². The Labute approximate surface area is 103 Å². The first-order valence-corrected chi connectivity index (χ1v) is 6.14. The van der Waals surface area contributed by atoms with Crippen LogP contribution >= 0.6 is 0 Å². The van der Waals surface area contributed by atoms with Crippen molar-refractivity contribution in [2.24, 2.45) is 5.92 Å². The minimum absolute atomic E-state index is 0.0498. The number of anilines is 1. The maximum atomic E-state index is 11.7. The van der Waals surface area contributed by atoms with Crippen LogP contribution in [-0.2, 0) is 0 Å². The molecule has 3 heteroatoms. The zero-order valence-electron chi connectivity index (χ0n) is 10.7. The second-order valence-electron chi connectivity index (χ2n) is 5.19. The summed E-state index contributed by atoms with van der Waals surface area (Å²) in [4.78, 5) is 13.3. The summed E-state index contributed by atoms with van der Waals surface area (Å²) in [7, 11) is 3.54. The molecule has 1 aliphatic carbocycles. The van der Waals surface area contributed by atoms with Crippen LogP contribution in [0.25, 0.3) is 0 Å². The predicted molar refractivity (Wildman–Crippen MR) is 70.3 cm³/mol. The van der Waals surface area contributed by atoms with Crippen molar-refractivity contribution in [3.05, 3.63) is 29.8 Å². The average molecular weight is 232 g/mol. The molecule has 1 fully saturated rings. The Kier molecular flexibility index (Phi) is 3.36. The van der Waals surface area contributed by atoms with Gasteiger partial charge in [0, 0.05) is 31.4 Å². The smallest absolute Gasteiger partial charge is 0.253 e. The Morgan fingerprint density at radius 3 is 2.29 bits per heavy atom. The summed E-state index contributed by atoms with van der Waals surface area (Å²) < 4.78 is 0. The van der Waals surface area contributed by atoms with Gasteiger partial charge in [-0.15, -0.1) is 0 Å². The third-order valence-corrected chi connectivity index (χ3v) is 3.28. The molecule has 1 aliphatic rings. The summed E-state index contributed by atoms with van der Waals surface area (Å²) in [5, 5.41) is 3.48. The normalized spacial score (nSPS) is 22.8. The fraction of sp³-hybridized carbons (Fsp3) is 0.500. The number of carbonyl (C=O) groups excluding carboxylic acids is 1. The van der Waals surface area contributed by atoms with Crippen molar-refractivity contribution in [2.75, 3.05) is 19.4 Å². The molecule has 0 radical (unpaired) electrons. The summed E-state index contributed by atoms with van der Waals surface area (Å²) in [5.74, 6) is 0.899. The Hall–Kier alpha value is -1.51. The lowest BCUT2D eigenvalue weighted by Crippen LogP contribution is -2.33. The standard InChI is InChI=1S/C14H20N2O/c1-10-8-13(9-10)15-12-6-4-11(5-7-12)14(17)16(2)3/h4-7,10,13,15H,8-9H2,1-3H3. The molecular formula is C14H20N2O. The molecule has 0 aromatic heterocycles. The predicted octanol–water partition coefficient (Wildman–Crippen LogP) is 2.60. The third kappa shape index (κ3) is 2.78. The van der Waals surface area contributed by atoms with Gasteiger partial charge in [-0.25, -0.2) is 0 Å². The molecule has 0 spiro atoms. The third-order valence-electron chi connectivity index (χ3n) is 3.28. The summed E-state index contributed by atoms with van der Waals surface area (Å²) in [6.07, 6.45) is 2.50. The van der Waals surface area contributed by atoms with E-state index >= 15 is 0 Å². The monoisotopic (exact) mass is 232 g/mol. The Morgan fingerprint density at radius 2 is 1.82 bits per heavy atom. The van der Waals surface area contributed by atoms with E-state index in [1.165, 1.54) is 12.8 Å². The molecule has 17 heavy (non-hydrogen) atoms. The highest BCUT2D eigenvalue weighted by Gasteiger charge is 2.24. The van der Waals surface area contributed by atoms with Crippen LogP contribution in [0.1, 0.15) is 30.1 Å². The van der Waals surface area contributed by atoms with E-state index in [1.54, 1.807) is 19.0 Å². The van der Waals surface area contributed by atoms with Gasteiger partial charge in [0.25, 0.3) is 5.91 Å². The van der Waals surface area contributed by atoms with E-state index in [0.29, 0.717) is 6.04 Å². The number of carbonyl (C=O) groups is 1. The molecule has 3 nitrogen and oxygen atoms in total. The number of nitrogens with zero attached hydrogens (tertiary/aromatic N) is 1. The van der Waals surface area contributed by atoms with Gasteiger partial charge in [0.05, 0.1) is 0 Å². The van der Waals surface area contributed by atoms with Crippen LogP contribution < -0.4 is 5.32 Å².